The minimum atomic E-state index is -1.55. The van der Waals surface area contributed by atoms with Gasteiger partial charge in [-0.3, -0.25) is 10.2 Å². The number of hydrogen-bond acceptors (Lipinski definition) is 7. The van der Waals surface area contributed by atoms with Gasteiger partial charge in [0, 0.05) is 41.6 Å². The first-order valence-electron chi connectivity index (χ1n) is 14.3. The maximum Gasteiger partial charge on any atom is 0.266 e. The fourth-order valence-electron chi connectivity index (χ4n) is 5.02. The zero-order chi connectivity index (χ0) is 31.8. The molecule has 5 rings (SSSR count). The minimum absolute atomic E-state index is 0.0288. The number of aliphatic hydroxyl groups is 1. The van der Waals surface area contributed by atoms with Crippen molar-refractivity contribution < 1.29 is 32.9 Å². The molecule has 4 aromatic carbocycles. The first-order chi connectivity index (χ1) is 21.8. The van der Waals surface area contributed by atoms with Crippen molar-refractivity contribution in [3.05, 3.63) is 129 Å². The number of hydrazine groups is 1. The molecule has 234 valence electrons. The number of benzene rings is 4. The number of ether oxygens (including phenoxy) is 3. The van der Waals surface area contributed by atoms with Crippen LogP contribution < -0.4 is 20.3 Å². The van der Waals surface area contributed by atoms with Crippen LogP contribution in [0.2, 0.25) is 0 Å². The molecule has 0 radical (unpaired) electrons. The van der Waals surface area contributed by atoms with Crippen LogP contribution in [0.5, 0.6) is 11.5 Å². The van der Waals surface area contributed by atoms with E-state index in [1.165, 1.54) is 6.07 Å². The quantitative estimate of drug-likeness (QED) is 0.122. The van der Waals surface area contributed by atoms with E-state index in [4.69, 9.17) is 24.3 Å². The average molecular weight is 681 g/mol. The Bertz CT molecular complexity index is 1630. The molecule has 1 aliphatic heterocycles. The number of carbonyl (C=O) groups excluding carboxylic acids is 1. The second-order valence-corrected chi connectivity index (χ2v) is 11.3. The third-order valence-electron chi connectivity index (χ3n) is 7.34. The van der Waals surface area contributed by atoms with Crippen molar-refractivity contribution in [1.29, 1.82) is 0 Å². The molecule has 0 bridgehead atoms. The summed E-state index contributed by atoms with van der Waals surface area (Å²) in [6, 6.07) is 25.4. The van der Waals surface area contributed by atoms with Gasteiger partial charge in [0.25, 0.3) is 5.91 Å². The standard InChI is InChI=1S/C34H32BrF2N3O5/c1-43-27-6-2-5-24(19-27)31-34(20-22-9-13-25(35)14-10-22,33(42)40-38-21-28-29(36)7-3-8-30(28)37)39-32(45-31)23-11-15-26(16-12-23)44-18-4-17-41/h2-3,5-16,19,31,38,41H,4,17-18,20-21H2,1H3,(H,40,42)/t31-,34-/m0/s1. The minimum Gasteiger partial charge on any atom is -0.497 e. The summed E-state index contributed by atoms with van der Waals surface area (Å²) in [6.07, 6.45) is -0.264. The van der Waals surface area contributed by atoms with Crippen LogP contribution in [0.3, 0.4) is 0 Å². The Hall–Kier alpha value is -4.32. The largest absolute Gasteiger partial charge is 0.497 e. The SMILES string of the molecule is COc1cccc([C@@H]2OC(c3ccc(OCCCO)cc3)=N[C@]2(Cc2ccc(Br)cc2)C(=O)NNCc2c(F)cccc2F)c1. The van der Waals surface area contributed by atoms with Gasteiger partial charge in [0.2, 0.25) is 5.90 Å². The van der Waals surface area contributed by atoms with E-state index in [0.717, 1.165) is 22.2 Å². The van der Waals surface area contributed by atoms with E-state index < -0.39 is 29.2 Å². The van der Waals surface area contributed by atoms with Gasteiger partial charge in [-0.15, -0.1) is 0 Å². The van der Waals surface area contributed by atoms with E-state index in [2.05, 4.69) is 26.8 Å². The van der Waals surface area contributed by atoms with Crippen molar-refractivity contribution in [1.82, 2.24) is 10.9 Å². The third kappa shape index (κ3) is 7.50. The highest BCUT2D eigenvalue weighted by Crippen LogP contribution is 2.43. The van der Waals surface area contributed by atoms with Crippen LogP contribution in [-0.2, 0) is 22.5 Å². The van der Waals surface area contributed by atoms with Crippen molar-refractivity contribution in [3.63, 3.8) is 0 Å². The van der Waals surface area contributed by atoms with Crippen LogP contribution in [0, 0.1) is 11.6 Å². The zero-order valence-electron chi connectivity index (χ0n) is 24.4. The Morgan fingerprint density at radius 1 is 1.00 bits per heavy atom. The number of carbonyl (C=O) groups is 1. The predicted octanol–water partition coefficient (Wildman–Crippen LogP) is 5.82. The molecule has 1 heterocycles. The maximum absolute atomic E-state index is 14.3. The van der Waals surface area contributed by atoms with E-state index in [-0.39, 0.29) is 31.0 Å². The lowest BCUT2D eigenvalue weighted by atomic mass is 9.82. The molecule has 0 aliphatic carbocycles. The second kappa shape index (κ2) is 14.6. The van der Waals surface area contributed by atoms with Crippen LogP contribution >= 0.6 is 15.9 Å². The van der Waals surface area contributed by atoms with Crippen LogP contribution in [0.25, 0.3) is 0 Å². The third-order valence-corrected chi connectivity index (χ3v) is 7.87. The number of hydrogen-bond donors (Lipinski definition) is 3. The fourth-order valence-corrected chi connectivity index (χ4v) is 5.29. The zero-order valence-corrected chi connectivity index (χ0v) is 26.0. The number of halogens is 3. The molecule has 45 heavy (non-hydrogen) atoms. The average Bonchev–Trinajstić information content (AvgIpc) is 3.44. The van der Waals surface area contributed by atoms with Gasteiger partial charge in [0.1, 0.15) is 23.1 Å². The molecule has 4 aromatic rings. The van der Waals surface area contributed by atoms with Crippen LogP contribution in [0.1, 0.15) is 34.8 Å². The lowest BCUT2D eigenvalue weighted by Crippen LogP contribution is -2.53. The summed E-state index contributed by atoms with van der Waals surface area (Å²) < 4.78 is 47.1. The van der Waals surface area contributed by atoms with Crippen molar-refractivity contribution >= 4 is 27.7 Å². The molecule has 0 saturated carbocycles. The lowest BCUT2D eigenvalue weighted by Gasteiger charge is -2.31. The summed E-state index contributed by atoms with van der Waals surface area (Å²) in [6.45, 7) is 0.101. The molecule has 0 aromatic heterocycles. The lowest BCUT2D eigenvalue weighted by molar-refractivity contribution is -0.130. The normalized spacial score (nSPS) is 17.4. The summed E-state index contributed by atoms with van der Waals surface area (Å²) in [4.78, 5) is 19.2. The van der Waals surface area contributed by atoms with Crippen LogP contribution in [-0.4, -0.2) is 42.8 Å². The number of methoxy groups -OCH3 is 1. The highest BCUT2D eigenvalue weighted by Gasteiger charge is 2.53. The summed E-state index contributed by atoms with van der Waals surface area (Å²) in [5.41, 5.74) is 5.64. The van der Waals surface area contributed by atoms with Gasteiger partial charge in [-0.2, -0.15) is 0 Å². The predicted molar refractivity (Wildman–Crippen MR) is 169 cm³/mol. The Morgan fingerprint density at radius 2 is 1.71 bits per heavy atom. The van der Waals surface area contributed by atoms with Gasteiger partial charge in [0.05, 0.1) is 13.7 Å². The molecule has 2 atom stereocenters. The van der Waals surface area contributed by atoms with Gasteiger partial charge >= 0.3 is 0 Å². The van der Waals surface area contributed by atoms with E-state index in [0.29, 0.717) is 35.7 Å². The van der Waals surface area contributed by atoms with Gasteiger partial charge in [-0.1, -0.05) is 46.3 Å². The molecule has 0 fully saturated rings. The van der Waals surface area contributed by atoms with Crippen LogP contribution in [0.4, 0.5) is 8.78 Å². The topological polar surface area (TPSA) is 101 Å². The molecule has 1 aliphatic rings. The summed E-state index contributed by atoms with van der Waals surface area (Å²) in [5, 5.41) is 9.04. The van der Waals surface area contributed by atoms with Gasteiger partial charge < -0.3 is 19.3 Å². The Balaban J connectivity index is 1.53. The van der Waals surface area contributed by atoms with E-state index >= 15 is 0 Å². The molecule has 11 heteroatoms. The first-order valence-corrected chi connectivity index (χ1v) is 15.1. The van der Waals surface area contributed by atoms with Gasteiger partial charge in [0.15, 0.2) is 11.6 Å². The molecular formula is C34H32BrF2N3O5. The second-order valence-electron chi connectivity index (χ2n) is 10.4. The van der Waals surface area contributed by atoms with E-state index in [9.17, 15) is 13.6 Å². The molecular weight excluding hydrogens is 648 g/mol. The van der Waals surface area contributed by atoms with Crippen LogP contribution in [0.15, 0.2) is 100 Å². The fraction of sp³-hybridized carbons (Fsp3) is 0.235. The van der Waals surface area contributed by atoms with Crippen molar-refractivity contribution in [2.75, 3.05) is 20.3 Å². The smallest absolute Gasteiger partial charge is 0.266 e. The van der Waals surface area contributed by atoms with Crippen molar-refractivity contribution in [3.8, 4) is 11.5 Å². The monoisotopic (exact) mass is 679 g/mol. The Morgan fingerprint density at radius 3 is 2.40 bits per heavy atom. The number of rotatable bonds is 13. The molecule has 0 spiro atoms. The highest BCUT2D eigenvalue weighted by molar-refractivity contribution is 9.10. The number of aliphatic imine (C=N–C) groups is 1. The Labute approximate surface area is 268 Å². The van der Waals surface area contributed by atoms with Crippen molar-refractivity contribution in [2.45, 2.75) is 31.0 Å². The molecule has 8 nitrogen and oxygen atoms in total. The summed E-state index contributed by atoms with van der Waals surface area (Å²) in [5.74, 6) is -0.613. The summed E-state index contributed by atoms with van der Waals surface area (Å²) >= 11 is 3.46. The van der Waals surface area contributed by atoms with Crippen molar-refractivity contribution in [2.24, 2.45) is 4.99 Å². The number of aliphatic hydroxyl groups excluding tert-OH is 1. The summed E-state index contributed by atoms with van der Waals surface area (Å²) in [7, 11) is 1.55. The molecule has 0 saturated heterocycles. The number of nitrogens with zero attached hydrogens (tertiary/aromatic N) is 1. The highest BCUT2D eigenvalue weighted by atomic mass is 79.9. The molecule has 0 unspecified atom stereocenters. The van der Waals surface area contributed by atoms with E-state index in [1.54, 1.807) is 49.6 Å². The molecule has 1 amide bonds. The molecule has 3 N–H and O–H groups in total. The maximum atomic E-state index is 14.3. The van der Waals surface area contributed by atoms with Gasteiger partial charge in [-0.05, 0) is 71.8 Å². The number of amides is 1. The Kier molecular flexibility index (Phi) is 10.4. The van der Waals surface area contributed by atoms with E-state index in [1.807, 2.05) is 30.3 Å². The van der Waals surface area contributed by atoms with Gasteiger partial charge in [-0.25, -0.2) is 19.2 Å². The first kappa shape index (κ1) is 32.1. The number of nitrogens with one attached hydrogen (secondary N) is 2.